The van der Waals surface area contributed by atoms with Gasteiger partial charge in [-0.25, -0.2) is 0 Å². The van der Waals surface area contributed by atoms with Crippen LogP contribution >= 0.6 is 12.6 Å². The number of hydrogen-bond acceptors (Lipinski definition) is 2. The van der Waals surface area contributed by atoms with Gasteiger partial charge in [0, 0.05) is 6.42 Å². The van der Waals surface area contributed by atoms with E-state index in [9.17, 15) is 4.79 Å². The van der Waals surface area contributed by atoms with Crippen LogP contribution in [0, 0.1) is 0 Å². The first-order chi connectivity index (χ1) is 4.77. The maximum Gasteiger partial charge on any atom is 0.185 e. The molecular weight excluding hydrogens is 146 g/mol. The molecule has 0 spiro atoms. The number of carbonyl (C=O) groups is 1. The Bertz CT molecular complexity index is 95.6. The molecule has 0 fully saturated rings. The Balaban J connectivity index is 2.84. The second-order valence-corrected chi connectivity index (χ2v) is 2.85. The summed E-state index contributed by atoms with van der Waals surface area (Å²) in [6.45, 7) is 0.759. The van der Waals surface area contributed by atoms with E-state index >= 15 is 0 Å². The van der Waals surface area contributed by atoms with Crippen LogP contribution in [0.2, 0.25) is 0 Å². The summed E-state index contributed by atoms with van der Waals surface area (Å²) in [5.74, 6) is 0. The highest BCUT2D eigenvalue weighted by atomic mass is 32.1. The number of carbonyl (C=O) groups excluding carboxylic acids is 1. The summed E-state index contributed by atoms with van der Waals surface area (Å²) < 4.78 is 0. The number of unbranched alkanes of at least 4 members (excludes halogenated alkanes) is 3. The molecule has 2 nitrogen and oxygen atoms in total. The van der Waals surface area contributed by atoms with Gasteiger partial charge in [-0.2, -0.15) is 0 Å². The molecule has 0 aliphatic heterocycles. The zero-order valence-corrected chi connectivity index (χ0v) is 7.07. The van der Waals surface area contributed by atoms with Gasteiger partial charge in [0.15, 0.2) is 5.12 Å². The molecule has 0 rings (SSSR count). The van der Waals surface area contributed by atoms with Crippen molar-refractivity contribution in [3.63, 3.8) is 0 Å². The van der Waals surface area contributed by atoms with Crippen LogP contribution in [0.4, 0.5) is 0 Å². The van der Waals surface area contributed by atoms with E-state index in [4.69, 9.17) is 5.73 Å². The van der Waals surface area contributed by atoms with Crippen LogP contribution in [0.1, 0.15) is 32.1 Å². The molecule has 3 heteroatoms. The van der Waals surface area contributed by atoms with E-state index in [0.717, 1.165) is 32.2 Å². The minimum Gasteiger partial charge on any atom is -0.330 e. The normalized spacial score (nSPS) is 9.80. The summed E-state index contributed by atoms with van der Waals surface area (Å²) in [6.07, 6.45) is 4.87. The number of hydrogen-bond donors (Lipinski definition) is 2. The maximum absolute atomic E-state index is 10.3. The van der Waals surface area contributed by atoms with Crippen LogP contribution in [0.3, 0.4) is 0 Å². The Kier molecular flexibility index (Phi) is 7.08. The molecule has 0 bridgehead atoms. The van der Waals surface area contributed by atoms with Gasteiger partial charge < -0.3 is 5.73 Å². The van der Waals surface area contributed by atoms with E-state index < -0.39 is 0 Å². The average molecular weight is 161 g/mol. The minimum atomic E-state index is -0.00671. The van der Waals surface area contributed by atoms with Crippen molar-refractivity contribution in [1.29, 1.82) is 0 Å². The smallest absolute Gasteiger partial charge is 0.185 e. The number of rotatable bonds is 6. The highest BCUT2D eigenvalue weighted by Gasteiger charge is 1.93. The number of nitrogens with two attached hydrogens (primary N) is 1. The van der Waals surface area contributed by atoms with Crippen molar-refractivity contribution in [1.82, 2.24) is 0 Å². The van der Waals surface area contributed by atoms with Gasteiger partial charge in [0.05, 0.1) is 0 Å². The monoisotopic (exact) mass is 161 g/mol. The summed E-state index contributed by atoms with van der Waals surface area (Å²) in [5, 5.41) is -0.00671. The quantitative estimate of drug-likeness (QED) is 0.456. The molecule has 0 aromatic carbocycles. The lowest BCUT2D eigenvalue weighted by molar-refractivity contribution is -0.110. The molecule has 0 aromatic rings. The Morgan fingerprint density at radius 2 is 1.80 bits per heavy atom. The number of thiol groups is 1. The van der Waals surface area contributed by atoms with Gasteiger partial charge >= 0.3 is 0 Å². The molecule has 0 saturated heterocycles. The van der Waals surface area contributed by atoms with Crippen LogP contribution in [0.15, 0.2) is 0 Å². The van der Waals surface area contributed by atoms with E-state index in [1.807, 2.05) is 0 Å². The Labute approximate surface area is 67.6 Å². The lowest BCUT2D eigenvalue weighted by atomic mass is 10.1. The van der Waals surface area contributed by atoms with E-state index in [1.54, 1.807) is 0 Å². The van der Waals surface area contributed by atoms with Crippen molar-refractivity contribution in [2.45, 2.75) is 32.1 Å². The first-order valence-electron chi connectivity index (χ1n) is 3.69. The summed E-state index contributed by atoms with van der Waals surface area (Å²) in [6, 6.07) is 0. The largest absolute Gasteiger partial charge is 0.330 e. The minimum absolute atomic E-state index is 0.00671. The predicted octanol–water partition coefficient (Wildman–Crippen LogP) is 1.35. The lowest BCUT2D eigenvalue weighted by Gasteiger charge is -1.95. The van der Waals surface area contributed by atoms with E-state index in [2.05, 4.69) is 12.6 Å². The molecule has 0 aliphatic carbocycles. The molecule has 0 aromatic heterocycles. The Morgan fingerprint density at radius 1 is 1.20 bits per heavy atom. The van der Waals surface area contributed by atoms with E-state index in [1.165, 1.54) is 0 Å². The summed E-state index contributed by atoms with van der Waals surface area (Å²) in [4.78, 5) is 10.3. The fourth-order valence-corrected chi connectivity index (χ4v) is 0.932. The van der Waals surface area contributed by atoms with Gasteiger partial charge in [0.1, 0.15) is 0 Å². The van der Waals surface area contributed by atoms with Crippen molar-refractivity contribution >= 4 is 17.7 Å². The molecule has 0 atom stereocenters. The van der Waals surface area contributed by atoms with Crippen LogP contribution in [0.25, 0.3) is 0 Å². The molecular formula is C7H15NOS. The topological polar surface area (TPSA) is 43.1 Å². The van der Waals surface area contributed by atoms with Crippen LogP contribution in [-0.2, 0) is 4.79 Å². The zero-order valence-electron chi connectivity index (χ0n) is 6.18. The SMILES string of the molecule is NCCCCCCC(=O)S. The third-order valence-corrected chi connectivity index (χ3v) is 1.57. The molecule has 0 unspecified atom stereocenters. The fraction of sp³-hybridized carbons (Fsp3) is 0.857. The zero-order chi connectivity index (χ0) is 7.82. The predicted molar refractivity (Wildman–Crippen MR) is 46.1 cm³/mol. The molecule has 10 heavy (non-hydrogen) atoms. The van der Waals surface area contributed by atoms with Crippen molar-refractivity contribution in [2.75, 3.05) is 6.54 Å². The Hall–Kier alpha value is -0.0200. The third kappa shape index (κ3) is 7.98. The molecule has 0 saturated carbocycles. The third-order valence-electron chi connectivity index (χ3n) is 1.34. The lowest BCUT2D eigenvalue weighted by Crippen LogP contribution is -1.97. The van der Waals surface area contributed by atoms with Crippen LogP contribution in [0.5, 0.6) is 0 Å². The van der Waals surface area contributed by atoms with Crippen LogP contribution < -0.4 is 5.73 Å². The molecule has 0 radical (unpaired) electrons. The van der Waals surface area contributed by atoms with Crippen molar-refractivity contribution in [3.8, 4) is 0 Å². The maximum atomic E-state index is 10.3. The second kappa shape index (κ2) is 7.09. The van der Waals surface area contributed by atoms with Gasteiger partial charge in [0.2, 0.25) is 0 Å². The van der Waals surface area contributed by atoms with Gasteiger partial charge in [-0.05, 0) is 19.4 Å². The van der Waals surface area contributed by atoms with Gasteiger partial charge in [-0.15, -0.1) is 12.6 Å². The first kappa shape index (κ1) is 9.98. The molecule has 0 heterocycles. The van der Waals surface area contributed by atoms with E-state index in [0.29, 0.717) is 6.42 Å². The van der Waals surface area contributed by atoms with E-state index in [-0.39, 0.29) is 5.12 Å². The van der Waals surface area contributed by atoms with Crippen LogP contribution in [-0.4, -0.2) is 11.7 Å². The second-order valence-electron chi connectivity index (χ2n) is 2.35. The fourth-order valence-electron chi connectivity index (χ4n) is 0.774. The Morgan fingerprint density at radius 3 is 2.30 bits per heavy atom. The highest BCUT2D eigenvalue weighted by Crippen LogP contribution is 2.03. The summed E-state index contributed by atoms with van der Waals surface area (Å²) in [5.41, 5.74) is 5.29. The van der Waals surface area contributed by atoms with Crippen molar-refractivity contribution in [2.24, 2.45) is 5.73 Å². The standard InChI is InChI=1S/C7H15NOS/c8-6-4-2-1-3-5-7(9)10/h1-6,8H2,(H,9,10). The molecule has 0 amide bonds. The molecule has 2 N–H and O–H groups in total. The van der Waals surface area contributed by atoms with Crippen molar-refractivity contribution in [3.05, 3.63) is 0 Å². The van der Waals surface area contributed by atoms with Gasteiger partial charge in [-0.3, -0.25) is 4.79 Å². The summed E-state index contributed by atoms with van der Waals surface area (Å²) in [7, 11) is 0. The van der Waals surface area contributed by atoms with Gasteiger partial charge in [-0.1, -0.05) is 12.8 Å². The first-order valence-corrected chi connectivity index (χ1v) is 4.14. The summed E-state index contributed by atoms with van der Waals surface area (Å²) >= 11 is 3.66. The average Bonchev–Trinajstić information content (AvgIpc) is 1.87. The highest BCUT2D eigenvalue weighted by molar-refractivity contribution is 7.96. The van der Waals surface area contributed by atoms with Crippen molar-refractivity contribution < 1.29 is 4.79 Å². The molecule has 60 valence electrons. The molecule has 0 aliphatic rings. The van der Waals surface area contributed by atoms with Gasteiger partial charge in [0.25, 0.3) is 0 Å².